The van der Waals surface area contributed by atoms with Gasteiger partial charge in [-0.2, -0.15) is 0 Å². The molecule has 2 aromatic heterocycles. The maximum Gasteiger partial charge on any atom is 0.316 e. The van der Waals surface area contributed by atoms with Gasteiger partial charge in [-0.05, 0) is 32.9 Å². The molecular formula is C14H18N4O2S. The maximum atomic E-state index is 11.7. The normalized spacial score (nSPS) is 11.4. The minimum Gasteiger partial charge on any atom is -0.459 e. The summed E-state index contributed by atoms with van der Waals surface area (Å²) in [5, 5.41) is 8.93. The second kappa shape index (κ2) is 6.26. The number of carbonyl (C=O) groups excluding carboxylic acids is 1. The van der Waals surface area contributed by atoms with Crippen LogP contribution in [0, 0.1) is 0 Å². The first kappa shape index (κ1) is 15.5. The number of carbonyl (C=O) groups is 1. The fourth-order valence-electron chi connectivity index (χ4n) is 1.69. The lowest BCUT2D eigenvalue weighted by Crippen LogP contribution is -2.25. The Morgan fingerprint density at radius 1 is 1.29 bits per heavy atom. The molecule has 2 aromatic rings. The molecular weight excluding hydrogens is 288 g/mol. The fraction of sp³-hybridized carbons (Fsp3) is 0.429. The molecule has 0 aliphatic heterocycles. The van der Waals surface area contributed by atoms with Gasteiger partial charge in [-0.1, -0.05) is 11.8 Å². The molecule has 21 heavy (non-hydrogen) atoms. The van der Waals surface area contributed by atoms with Crippen molar-refractivity contribution >= 4 is 17.7 Å². The van der Waals surface area contributed by atoms with E-state index in [9.17, 15) is 4.79 Å². The van der Waals surface area contributed by atoms with E-state index in [1.807, 2.05) is 44.5 Å². The zero-order chi connectivity index (χ0) is 15.5. The van der Waals surface area contributed by atoms with Gasteiger partial charge in [-0.15, -0.1) is 10.2 Å². The Morgan fingerprint density at radius 2 is 1.95 bits per heavy atom. The summed E-state index contributed by atoms with van der Waals surface area (Å²) in [5.74, 6) is 0.685. The SMILES string of the molecule is Cn1c(SCC(=O)OC(C)(C)C)nnc1-c1ccncc1. The van der Waals surface area contributed by atoms with E-state index in [0.717, 1.165) is 11.4 Å². The molecule has 2 rings (SSSR count). The topological polar surface area (TPSA) is 69.9 Å². The Balaban J connectivity index is 2.03. The summed E-state index contributed by atoms with van der Waals surface area (Å²) in [4.78, 5) is 15.7. The van der Waals surface area contributed by atoms with Gasteiger partial charge in [0.15, 0.2) is 11.0 Å². The molecule has 0 aliphatic carbocycles. The number of hydrogen-bond acceptors (Lipinski definition) is 6. The molecule has 0 N–H and O–H groups in total. The summed E-state index contributed by atoms with van der Waals surface area (Å²) in [5.41, 5.74) is 0.462. The Bertz CT molecular complexity index is 620. The van der Waals surface area contributed by atoms with Crippen molar-refractivity contribution in [2.45, 2.75) is 31.5 Å². The first-order valence-corrected chi connectivity index (χ1v) is 7.50. The molecule has 0 fully saturated rings. The summed E-state index contributed by atoms with van der Waals surface area (Å²) in [6.07, 6.45) is 3.41. The Labute approximate surface area is 127 Å². The average molecular weight is 306 g/mol. The number of hydrogen-bond donors (Lipinski definition) is 0. The highest BCUT2D eigenvalue weighted by Crippen LogP contribution is 2.22. The number of aromatic nitrogens is 4. The van der Waals surface area contributed by atoms with Gasteiger partial charge in [0.2, 0.25) is 0 Å². The Kier molecular flexibility index (Phi) is 4.62. The first-order chi connectivity index (χ1) is 9.87. The lowest BCUT2D eigenvalue weighted by molar-refractivity contribution is -0.151. The van der Waals surface area contributed by atoms with Crippen LogP contribution in [0.4, 0.5) is 0 Å². The number of nitrogens with zero attached hydrogens (tertiary/aromatic N) is 4. The highest BCUT2D eigenvalue weighted by Gasteiger charge is 2.18. The van der Waals surface area contributed by atoms with Crippen molar-refractivity contribution in [2.24, 2.45) is 7.05 Å². The summed E-state index contributed by atoms with van der Waals surface area (Å²) in [6.45, 7) is 5.54. The molecule has 0 unspecified atom stereocenters. The van der Waals surface area contributed by atoms with Gasteiger partial charge < -0.3 is 9.30 Å². The summed E-state index contributed by atoms with van der Waals surface area (Å²) >= 11 is 1.31. The molecule has 2 heterocycles. The Morgan fingerprint density at radius 3 is 2.57 bits per heavy atom. The zero-order valence-electron chi connectivity index (χ0n) is 12.5. The van der Waals surface area contributed by atoms with Crippen LogP contribution >= 0.6 is 11.8 Å². The van der Waals surface area contributed by atoms with E-state index in [1.165, 1.54) is 11.8 Å². The third kappa shape index (κ3) is 4.29. The third-order valence-electron chi connectivity index (χ3n) is 2.51. The molecule has 0 spiro atoms. The van der Waals surface area contributed by atoms with E-state index in [1.54, 1.807) is 12.4 Å². The van der Waals surface area contributed by atoms with E-state index in [0.29, 0.717) is 5.16 Å². The fourth-order valence-corrected chi connectivity index (χ4v) is 2.37. The molecule has 6 nitrogen and oxygen atoms in total. The van der Waals surface area contributed by atoms with E-state index < -0.39 is 5.60 Å². The molecule has 7 heteroatoms. The van der Waals surface area contributed by atoms with Crippen LogP contribution in [0.1, 0.15) is 20.8 Å². The lowest BCUT2D eigenvalue weighted by atomic mass is 10.2. The van der Waals surface area contributed by atoms with Crippen molar-refractivity contribution in [1.29, 1.82) is 0 Å². The van der Waals surface area contributed by atoms with Gasteiger partial charge in [-0.25, -0.2) is 0 Å². The molecule has 112 valence electrons. The highest BCUT2D eigenvalue weighted by molar-refractivity contribution is 7.99. The van der Waals surface area contributed by atoms with Crippen LogP contribution in [-0.4, -0.2) is 37.1 Å². The van der Waals surface area contributed by atoms with E-state index in [4.69, 9.17) is 4.74 Å². The van der Waals surface area contributed by atoms with Crippen LogP contribution in [0.5, 0.6) is 0 Å². The molecule has 0 radical (unpaired) electrons. The number of pyridine rings is 1. The molecule has 0 aliphatic rings. The van der Waals surface area contributed by atoms with Crippen LogP contribution < -0.4 is 0 Å². The number of esters is 1. The van der Waals surface area contributed by atoms with E-state index >= 15 is 0 Å². The van der Waals surface area contributed by atoms with Gasteiger partial charge in [0, 0.05) is 25.0 Å². The van der Waals surface area contributed by atoms with Gasteiger partial charge >= 0.3 is 5.97 Å². The predicted octanol–water partition coefficient (Wildman–Crippen LogP) is 2.31. The van der Waals surface area contributed by atoms with Crippen LogP contribution in [0.25, 0.3) is 11.4 Å². The smallest absolute Gasteiger partial charge is 0.316 e. The van der Waals surface area contributed by atoms with Gasteiger partial charge in [0.1, 0.15) is 5.60 Å². The van der Waals surface area contributed by atoms with Crippen molar-refractivity contribution in [3.63, 3.8) is 0 Å². The molecule has 0 bridgehead atoms. The molecule has 0 atom stereocenters. The van der Waals surface area contributed by atoms with Crippen molar-refractivity contribution in [1.82, 2.24) is 19.7 Å². The monoisotopic (exact) mass is 306 g/mol. The molecule has 0 aromatic carbocycles. The van der Waals surface area contributed by atoms with Crippen molar-refractivity contribution in [3.05, 3.63) is 24.5 Å². The van der Waals surface area contributed by atoms with Crippen LogP contribution in [0.15, 0.2) is 29.7 Å². The third-order valence-corrected chi connectivity index (χ3v) is 3.51. The van der Waals surface area contributed by atoms with E-state index in [-0.39, 0.29) is 11.7 Å². The highest BCUT2D eigenvalue weighted by atomic mass is 32.2. The summed E-state index contributed by atoms with van der Waals surface area (Å²) in [6, 6.07) is 3.73. The summed E-state index contributed by atoms with van der Waals surface area (Å²) in [7, 11) is 1.87. The number of ether oxygens (including phenoxy) is 1. The maximum absolute atomic E-state index is 11.7. The van der Waals surface area contributed by atoms with Crippen molar-refractivity contribution in [3.8, 4) is 11.4 Å². The van der Waals surface area contributed by atoms with Crippen LogP contribution in [0.3, 0.4) is 0 Å². The quantitative estimate of drug-likeness (QED) is 0.638. The number of thioether (sulfide) groups is 1. The molecule has 0 saturated carbocycles. The minimum atomic E-state index is -0.472. The van der Waals surface area contributed by atoms with Gasteiger partial charge in [0.25, 0.3) is 0 Å². The van der Waals surface area contributed by atoms with Gasteiger partial charge in [0.05, 0.1) is 5.75 Å². The zero-order valence-corrected chi connectivity index (χ0v) is 13.3. The van der Waals surface area contributed by atoms with Crippen molar-refractivity contribution in [2.75, 3.05) is 5.75 Å². The average Bonchev–Trinajstić information content (AvgIpc) is 2.77. The first-order valence-electron chi connectivity index (χ1n) is 6.51. The van der Waals surface area contributed by atoms with Crippen LogP contribution in [0.2, 0.25) is 0 Å². The van der Waals surface area contributed by atoms with Gasteiger partial charge in [-0.3, -0.25) is 9.78 Å². The van der Waals surface area contributed by atoms with Crippen LogP contribution in [-0.2, 0) is 16.6 Å². The minimum absolute atomic E-state index is 0.208. The standard InChI is InChI=1S/C14H18N4O2S/c1-14(2,3)20-11(19)9-21-13-17-16-12(18(13)4)10-5-7-15-8-6-10/h5-8H,9H2,1-4H3. The molecule has 0 saturated heterocycles. The lowest BCUT2D eigenvalue weighted by Gasteiger charge is -2.19. The number of rotatable bonds is 4. The molecule has 0 amide bonds. The Hall–Kier alpha value is -1.89. The second-order valence-corrected chi connectivity index (χ2v) is 6.42. The second-order valence-electron chi connectivity index (χ2n) is 5.48. The largest absolute Gasteiger partial charge is 0.459 e. The van der Waals surface area contributed by atoms with Crippen molar-refractivity contribution < 1.29 is 9.53 Å². The predicted molar refractivity (Wildman–Crippen MR) is 80.8 cm³/mol. The van der Waals surface area contributed by atoms with E-state index in [2.05, 4.69) is 15.2 Å². The summed E-state index contributed by atoms with van der Waals surface area (Å²) < 4.78 is 7.12.